The summed E-state index contributed by atoms with van der Waals surface area (Å²) in [7, 11) is 2.02. The molecule has 0 saturated carbocycles. The first-order valence-corrected chi connectivity index (χ1v) is 4.66. The van der Waals surface area contributed by atoms with Gasteiger partial charge in [0.15, 0.2) is 0 Å². The van der Waals surface area contributed by atoms with E-state index in [0.29, 0.717) is 0 Å². The summed E-state index contributed by atoms with van der Waals surface area (Å²) in [6, 6.07) is 0.725. The number of hydrogen-bond donors (Lipinski definition) is 1. The lowest BCUT2D eigenvalue weighted by molar-refractivity contribution is 0.0588. The van der Waals surface area contributed by atoms with E-state index in [0.717, 1.165) is 18.5 Å². The van der Waals surface area contributed by atoms with E-state index in [4.69, 9.17) is 0 Å². The Kier molecular flexibility index (Phi) is 3.34. The lowest BCUT2D eigenvalue weighted by Gasteiger charge is -2.43. The van der Waals surface area contributed by atoms with Crippen LogP contribution in [0.1, 0.15) is 20.3 Å². The molecule has 1 N–H and O–H groups in total. The average Bonchev–Trinajstić information content (AvgIpc) is 1.86. The molecule has 66 valence electrons. The minimum absolute atomic E-state index is 0.725. The topological polar surface area (TPSA) is 15.3 Å². The Hall–Kier alpha value is -0.0800. The number of likely N-dealkylation sites (N-methyl/N-ethyl adjacent to an activating group) is 1. The van der Waals surface area contributed by atoms with Gasteiger partial charge in [-0.05, 0) is 19.9 Å². The van der Waals surface area contributed by atoms with Crippen LogP contribution in [0.4, 0.5) is 0 Å². The van der Waals surface area contributed by atoms with Crippen molar-refractivity contribution in [3.05, 3.63) is 0 Å². The van der Waals surface area contributed by atoms with E-state index in [-0.39, 0.29) is 0 Å². The highest BCUT2D eigenvalue weighted by atomic mass is 15.2. The van der Waals surface area contributed by atoms with Gasteiger partial charge < -0.3 is 5.32 Å². The van der Waals surface area contributed by atoms with Crippen molar-refractivity contribution in [1.82, 2.24) is 10.2 Å². The molecule has 1 aliphatic rings. The molecular formula is C9H20N2. The molecule has 2 nitrogen and oxygen atoms in total. The van der Waals surface area contributed by atoms with Crippen molar-refractivity contribution >= 4 is 0 Å². The first-order valence-electron chi connectivity index (χ1n) is 4.66. The quantitative estimate of drug-likeness (QED) is 0.651. The zero-order valence-electron chi connectivity index (χ0n) is 7.93. The van der Waals surface area contributed by atoms with Gasteiger partial charge in [-0.15, -0.1) is 0 Å². The van der Waals surface area contributed by atoms with Gasteiger partial charge in [0, 0.05) is 25.7 Å². The molecule has 1 saturated heterocycles. The van der Waals surface area contributed by atoms with Crippen molar-refractivity contribution in [2.45, 2.75) is 26.3 Å². The normalized spacial score (nSPS) is 23.2. The summed E-state index contributed by atoms with van der Waals surface area (Å²) in [6.07, 6.45) is 1.35. The number of likely N-dealkylation sites (tertiary alicyclic amines) is 1. The van der Waals surface area contributed by atoms with Gasteiger partial charge in [0.2, 0.25) is 0 Å². The Morgan fingerprint density at radius 3 is 2.64 bits per heavy atom. The summed E-state index contributed by atoms with van der Waals surface area (Å²) < 4.78 is 0. The molecule has 0 aromatic heterocycles. The molecule has 1 fully saturated rings. The maximum absolute atomic E-state index is 3.21. The molecule has 0 aliphatic carbocycles. The second-order valence-electron chi connectivity index (χ2n) is 3.63. The molecule has 1 atom stereocenters. The molecule has 0 aromatic carbocycles. The predicted octanol–water partition coefficient (Wildman–Crippen LogP) is 0.936. The Bertz CT molecular complexity index is 108. The van der Waals surface area contributed by atoms with Crippen LogP contribution in [0.3, 0.4) is 0 Å². The fourth-order valence-electron chi connectivity index (χ4n) is 1.65. The van der Waals surface area contributed by atoms with E-state index in [9.17, 15) is 0 Å². The van der Waals surface area contributed by atoms with E-state index in [2.05, 4.69) is 24.1 Å². The lowest BCUT2D eigenvalue weighted by Crippen LogP contribution is -2.53. The van der Waals surface area contributed by atoms with Crippen molar-refractivity contribution in [3.8, 4) is 0 Å². The predicted molar refractivity (Wildman–Crippen MR) is 48.7 cm³/mol. The summed E-state index contributed by atoms with van der Waals surface area (Å²) in [4.78, 5) is 2.55. The van der Waals surface area contributed by atoms with Crippen LogP contribution >= 0.6 is 0 Å². The van der Waals surface area contributed by atoms with Crippen molar-refractivity contribution in [2.24, 2.45) is 5.92 Å². The maximum atomic E-state index is 3.21. The van der Waals surface area contributed by atoms with Crippen molar-refractivity contribution in [2.75, 3.05) is 26.7 Å². The van der Waals surface area contributed by atoms with Crippen molar-refractivity contribution < 1.29 is 0 Å². The molecule has 1 unspecified atom stereocenters. The van der Waals surface area contributed by atoms with Crippen molar-refractivity contribution in [1.29, 1.82) is 0 Å². The standard InChI is InChI=1S/C9H20N2/c1-4-9-6-11(7-9)8(2)5-10-3/h8-10H,4-7H2,1-3H3. The van der Waals surface area contributed by atoms with Gasteiger partial charge in [-0.3, -0.25) is 4.90 Å². The first kappa shape index (κ1) is 9.01. The van der Waals surface area contributed by atoms with Gasteiger partial charge in [-0.25, -0.2) is 0 Å². The Morgan fingerprint density at radius 2 is 2.18 bits per heavy atom. The van der Waals surface area contributed by atoms with E-state index in [1.54, 1.807) is 0 Å². The number of nitrogens with one attached hydrogen (secondary N) is 1. The van der Waals surface area contributed by atoms with Crippen LogP contribution in [0.15, 0.2) is 0 Å². The number of rotatable bonds is 4. The van der Waals surface area contributed by atoms with Crippen LogP contribution in [-0.2, 0) is 0 Å². The van der Waals surface area contributed by atoms with Crippen LogP contribution in [-0.4, -0.2) is 37.6 Å². The van der Waals surface area contributed by atoms with Gasteiger partial charge in [0.25, 0.3) is 0 Å². The molecule has 0 amide bonds. The minimum atomic E-state index is 0.725. The summed E-state index contributed by atoms with van der Waals surface area (Å²) in [5.41, 5.74) is 0. The molecule has 2 heteroatoms. The smallest absolute Gasteiger partial charge is 0.0192 e. The second-order valence-corrected chi connectivity index (χ2v) is 3.63. The van der Waals surface area contributed by atoms with E-state index in [1.165, 1.54) is 19.5 Å². The molecule has 1 heterocycles. The first-order chi connectivity index (χ1) is 5.27. The highest BCUT2D eigenvalue weighted by Gasteiger charge is 2.27. The molecule has 1 aliphatic heterocycles. The van der Waals surface area contributed by atoms with Gasteiger partial charge in [-0.2, -0.15) is 0 Å². The Labute approximate surface area is 70.0 Å². The van der Waals surface area contributed by atoms with E-state index >= 15 is 0 Å². The van der Waals surface area contributed by atoms with Crippen LogP contribution < -0.4 is 5.32 Å². The highest BCUT2D eigenvalue weighted by molar-refractivity contribution is 4.83. The van der Waals surface area contributed by atoms with Crippen LogP contribution in [0, 0.1) is 5.92 Å². The average molecular weight is 156 g/mol. The second kappa shape index (κ2) is 4.07. The molecule has 0 aromatic rings. The third-order valence-electron chi connectivity index (χ3n) is 2.69. The number of hydrogen-bond acceptors (Lipinski definition) is 2. The van der Waals surface area contributed by atoms with E-state index < -0.39 is 0 Å². The van der Waals surface area contributed by atoms with Gasteiger partial charge >= 0.3 is 0 Å². The highest BCUT2D eigenvalue weighted by Crippen LogP contribution is 2.20. The third kappa shape index (κ3) is 2.17. The molecule has 0 radical (unpaired) electrons. The summed E-state index contributed by atoms with van der Waals surface area (Å²) >= 11 is 0. The van der Waals surface area contributed by atoms with Crippen LogP contribution in [0.5, 0.6) is 0 Å². The zero-order chi connectivity index (χ0) is 8.27. The summed E-state index contributed by atoms with van der Waals surface area (Å²) in [6.45, 7) is 8.34. The molecule has 1 rings (SSSR count). The molecule has 11 heavy (non-hydrogen) atoms. The molecule has 0 bridgehead atoms. The maximum Gasteiger partial charge on any atom is 0.0192 e. The van der Waals surface area contributed by atoms with Crippen LogP contribution in [0.25, 0.3) is 0 Å². The number of nitrogens with zero attached hydrogens (tertiary/aromatic N) is 1. The molecular weight excluding hydrogens is 136 g/mol. The van der Waals surface area contributed by atoms with Gasteiger partial charge in [0.1, 0.15) is 0 Å². The zero-order valence-corrected chi connectivity index (χ0v) is 7.93. The fraction of sp³-hybridized carbons (Fsp3) is 1.00. The Balaban J connectivity index is 2.10. The summed E-state index contributed by atoms with van der Waals surface area (Å²) in [5.74, 6) is 0.981. The van der Waals surface area contributed by atoms with Crippen molar-refractivity contribution in [3.63, 3.8) is 0 Å². The van der Waals surface area contributed by atoms with Gasteiger partial charge in [0.05, 0.1) is 0 Å². The SMILES string of the molecule is CCC1CN(C(C)CNC)C1. The van der Waals surface area contributed by atoms with Crippen LogP contribution in [0.2, 0.25) is 0 Å². The summed E-state index contributed by atoms with van der Waals surface area (Å²) in [5, 5.41) is 3.21. The monoisotopic (exact) mass is 156 g/mol. The molecule has 0 spiro atoms. The fourth-order valence-corrected chi connectivity index (χ4v) is 1.65. The minimum Gasteiger partial charge on any atom is -0.318 e. The largest absolute Gasteiger partial charge is 0.318 e. The van der Waals surface area contributed by atoms with E-state index in [1.807, 2.05) is 7.05 Å². The Morgan fingerprint density at radius 1 is 1.55 bits per heavy atom. The van der Waals surface area contributed by atoms with Gasteiger partial charge in [-0.1, -0.05) is 13.3 Å². The lowest BCUT2D eigenvalue weighted by atomic mass is 9.95. The third-order valence-corrected chi connectivity index (χ3v) is 2.69.